The SMILES string of the molecule is CCCc1ccc(CCN(C)CC(O)CCN)cc1. The Balaban J connectivity index is 2.31. The third-order valence-corrected chi connectivity index (χ3v) is 3.37. The zero-order valence-corrected chi connectivity index (χ0v) is 12.3. The van der Waals surface area contributed by atoms with Gasteiger partial charge in [-0.25, -0.2) is 0 Å². The molecule has 0 heterocycles. The molecule has 0 fully saturated rings. The molecule has 0 aliphatic rings. The summed E-state index contributed by atoms with van der Waals surface area (Å²) in [7, 11) is 2.05. The van der Waals surface area contributed by atoms with Crippen LogP contribution in [-0.2, 0) is 12.8 Å². The van der Waals surface area contributed by atoms with Gasteiger partial charge in [0, 0.05) is 13.1 Å². The molecule has 0 aliphatic carbocycles. The Hall–Kier alpha value is -0.900. The van der Waals surface area contributed by atoms with Gasteiger partial charge < -0.3 is 15.7 Å². The van der Waals surface area contributed by atoms with E-state index in [0.717, 1.165) is 19.4 Å². The average molecular weight is 264 g/mol. The van der Waals surface area contributed by atoms with Crippen LogP contribution in [-0.4, -0.2) is 42.8 Å². The predicted molar refractivity (Wildman–Crippen MR) is 81.3 cm³/mol. The molecule has 0 amide bonds. The van der Waals surface area contributed by atoms with Crippen molar-refractivity contribution in [3.8, 4) is 0 Å². The smallest absolute Gasteiger partial charge is 0.0679 e. The standard InChI is InChI=1S/C16H28N2O/c1-3-4-14-5-7-15(8-6-14)10-12-18(2)13-16(19)9-11-17/h5-8,16,19H,3-4,9-13,17H2,1-2H3. The first-order valence-electron chi connectivity index (χ1n) is 7.30. The number of aliphatic hydroxyl groups is 1. The monoisotopic (exact) mass is 264 g/mol. The van der Waals surface area contributed by atoms with E-state index in [1.807, 2.05) is 7.05 Å². The molecule has 1 atom stereocenters. The van der Waals surface area contributed by atoms with E-state index < -0.39 is 0 Å². The van der Waals surface area contributed by atoms with Crippen LogP contribution in [0.1, 0.15) is 30.9 Å². The number of hydrogen-bond acceptors (Lipinski definition) is 3. The van der Waals surface area contributed by atoms with Gasteiger partial charge in [-0.1, -0.05) is 37.6 Å². The van der Waals surface area contributed by atoms with Gasteiger partial charge in [0.25, 0.3) is 0 Å². The van der Waals surface area contributed by atoms with Crippen molar-refractivity contribution < 1.29 is 5.11 Å². The van der Waals surface area contributed by atoms with E-state index in [1.165, 1.54) is 17.5 Å². The zero-order valence-electron chi connectivity index (χ0n) is 12.3. The molecule has 0 radical (unpaired) electrons. The maximum atomic E-state index is 9.69. The highest BCUT2D eigenvalue weighted by Gasteiger charge is 2.07. The molecule has 3 heteroatoms. The first-order chi connectivity index (χ1) is 9.15. The van der Waals surface area contributed by atoms with Crippen molar-refractivity contribution in [3.63, 3.8) is 0 Å². The number of benzene rings is 1. The number of aryl methyl sites for hydroxylation is 1. The van der Waals surface area contributed by atoms with Crippen LogP contribution < -0.4 is 5.73 Å². The molecule has 0 saturated carbocycles. The van der Waals surface area contributed by atoms with Gasteiger partial charge in [0.05, 0.1) is 6.10 Å². The van der Waals surface area contributed by atoms with Crippen molar-refractivity contribution in [3.05, 3.63) is 35.4 Å². The third-order valence-electron chi connectivity index (χ3n) is 3.37. The summed E-state index contributed by atoms with van der Waals surface area (Å²) >= 11 is 0. The van der Waals surface area contributed by atoms with Gasteiger partial charge in [-0.3, -0.25) is 0 Å². The zero-order chi connectivity index (χ0) is 14.1. The van der Waals surface area contributed by atoms with Gasteiger partial charge >= 0.3 is 0 Å². The molecule has 1 unspecified atom stereocenters. The third kappa shape index (κ3) is 6.71. The number of likely N-dealkylation sites (N-methyl/N-ethyl adjacent to an activating group) is 1. The van der Waals surface area contributed by atoms with Gasteiger partial charge in [-0.2, -0.15) is 0 Å². The van der Waals surface area contributed by atoms with E-state index in [0.29, 0.717) is 19.5 Å². The summed E-state index contributed by atoms with van der Waals surface area (Å²) in [5, 5.41) is 9.69. The molecule has 1 aromatic rings. The second-order valence-corrected chi connectivity index (χ2v) is 5.31. The van der Waals surface area contributed by atoms with Crippen molar-refractivity contribution in [2.24, 2.45) is 5.73 Å². The quantitative estimate of drug-likeness (QED) is 0.715. The summed E-state index contributed by atoms with van der Waals surface area (Å²) in [5.74, 6) is 0. The van der Waals surface area contributed by atoms with Crippen molar-refractivity contribution in [2.45, 2.75) is 38.7 Å². The Morgan fingerprint density at radius 3 is 2.26 bits per heavy atom. The molecule has 0 aliphatic heterocycles. The molecular formula is C16H28N2O. The van der Waals surface area contributed by atoms with Crippen molar-refractivity contribution >= 4 is 0 Å². The fourth-order valence-electron chi connectivity index (χ4n) is 2.22. The number of rotatable bonds is 9. The first kappa shape index (κ1) is 16.2. The highest BCUT2D eigenvalue weighted by molar-refractivity contribution is 5.22. The van der Waals surface area contributed by atoms with Crippen LogP contribution >= 0.6 is 0 Å². The van der Waals surface area contributed by atoms with Crippen LogP contribution in [0.15, 0.2) is 24.3 Å². The Morgan fingerprint density at radius 2 is 1.74 bits per heavy atom. The van der Waals surface area contributed by atoms with E-state index in [1.54, 1.807) is 0 Å². The fraction of sp³-hybridized carbons (Fsp3) is 0.625. The molecule has 0 aromatic heterocycles. The van der Waals surface area contributed by atoms with Crippen molar-refractivity contribution in [1.29, 1.82) is 0 Å². The van der Waals surface area contributed by atoms with E-state index in [-0.39, 0.29) is 6.10 Å². The lowest BCUT2D eigenvalue weighted by Crippen LogP contribution is -2.32. The Morgan fingerprint density at radius 1 is 1.16 bits per heavy atom. The molecule has 0 bridgehead atoms. The molecule has 3 N–H and O–H groups in total. The van der Waals surface area contributed by atoms with Crippen LogP contribution in [0.2, 0.25) is 0 Å². The van der Waals surface area contributed by atoms with Crippen molar-refractivity contribution in [2.75, 3.05) is 26.7 Å². The van der Waals surface area contributed by atoms with E-state index >= 15 is 0 Å². The molecule has 0 saturated heterocycles. The summed E-state index contributed by atoms with van der Waals surface area (Å²) < 4.78 is 0. The summed E-state index contributed by atoms with van der Waals surface area (Å²) in [4.78, 5) is 2.17. The minimum atomic E-state index is -0.304. The van der Waals surface area contributed by atoms with Gasteiger partial charge in [0.1, 0.15) is 0 Å². The number of nitrogens with zero attached hydrogens (tertiary/aromatic N) is 1. The van der Waals surface area contributed by atoms with E-state index in [4.69, 9.17) is 5.73 Å². The molecule has 3 nitrogen and oxygen atoms in total. The Labute approximate surface area is 117 Å². The van der Waals surface area contributed by atoms with E-state index in [2.05, 4.69) is 36.1 Å². The number of nitrogens with two attached hydrogens (primary N) is 1. The normalized spacial score (nSPS) is 12.9. The minimum absolute atomic E-state index is 0.304. The summed E-state index contributed by atoms with van der Waals surface area (Å²) in [6, 6.07) is 8.88. The van der Waals surface area contributed by atoms with E-state index in [9.17, 15) is 5.11 Å². The highest BCUT2D eigenvalue weighted by Crippen LogP contribution is 2.08. The Kier molecular flexibility index (Phi) is 7.72. The predicted octanol–water partition coefficient (Wildman–Crippen LogP) is 1.82. The second kappa shape index (κ2) is 9.08. The lowest BCUT2D eigenvalue weighted by molar-refractivity contribution is 0.120. The van der Waals surface area contributed by atoms with Gasteiger partial charge in [-0.15, -0.1) is 0 Å². The highest BCUT2D eigenvalue weighted by atomic mass is 16.3. The summed E-state index contributed by atoms with van der Waals surface area (Å²) in [5.41, 5.74) is 8.21. The molecule has 108 valence electrons. The van der Waals surface area contributed by atoms with Crippen LogP contribution in [0.5, 0.6) is 0 Å². The van der Waals surface area contributed by atoms with Gasteiger partial charge in [0.2, 0.25) is 0 Å². The van der Waals surface area contributed by atoms with Crippen LogP contribution in [0, 0.1) is 0 Å². The fourth-order valence-corrected chi connectivity index (χ4v) is 2.22. The second-order valence-electron chi connectivity index (χ2n) is 5.31. The Bertz CT molecular complexity index is 337. The topological polar surface area (TPSA) is 49.5 Å². The molecular weight excluding hydrogens is 236 g/mol. The molecule has 1 aromatic carbocycles. The van der Waals surface area contributed by atoms with Crippen LogP contribution in [0.3, 0.4) is 0 Å². The van der Waals surface area contributed by atoms with Crippen LogP contribution in [0.4, 0.5) is 0 Å². The first-order valence-corrected chi connectivity index (χ1v) is 7.30. The van der Waals surface area contributed by atoms with Gasteiger partial charge in [0.15, 0.2) is 0 Å². The maximum absolute atomic E-state index is 9.69. The van der Waals surface area contributed by atoms with Gasteiger partial charge in [-0.05, 0) is 44.0 Å². The summed E-state index contributed by atoms with van der Waals surface area (Å²) in [6.07, 6.45) is 3.75. The molecule has 19 heavy (non-hydrogen) atoms. The lowest BCUT2D eigenvalue weighted by Gasteiger charge is -2.20. The number of aliphatic hydroxyl groups excluding tert-OH is 1. The maximum Gasteiger partial charge on any atom is 0.0679 e. The minimum Gasteiger partial charge on any atom is -0.392 e. The molecule has 0 spiro atoms. The number of hydrogen-bond donors (Lipinski definition) is 2. The lowest BCUT2D eigenvalue weighted by atomic mass is 10.1. The summed E-state index contributed by atoms with van der Waals surface area (Å²) in [6.45, 7) is 4.42. The van der Waals surface area contributed by atoms with Crippen molar-refractivity contribution in [1.82, 2.24) is 4.90 Å². The molecule has 1 rings (SSSR count). The largest absolute Gasteiger partial charge is 0.392 e. The average Bonchev–Trinajstić information content (AvgIpc) is 2.38. The van der Waals surface area contributed by atoms with Crippen LogP contribution in [0.25, 0.3) is 0 Å².